The first-order chi connectivity index (χ1) is 33.6. The molecule has 390 valence electrons. The first-order valence-electron chi connectivity index (χ1n) is 26.2. The fourth-order valence-electron chi connectivity index (χ4n) is 7.19. The lowest BCUT2D eigenvalue weighted by atomic mass is 9.98. The fraction of sp³-hybridized carbons (Fsp3) is 0.649. The zero-order chi connectivity index (χ0) is 50.4. The Hall–Kier alpha value is -4.36. The lowest BCUT2D eigenvalue weighted by Gasteiger charge is -2.40. The number of aliphatic hydroxyl groups excluding tert-OH is 2. The van der Waals surface area contributed by atoms with E-state index in [0.717, 1.165) is 89.9 Å². The van der Waals surface area contributed by atoms with Gasteiger partial charge < -0.3 is 39.0 Å². The average Bonchev–Trinajstić information content (AvgIpc) is 3.33. The molecule has 12 nitrogen and oxygen atoms in total. The molecule has 3 N–H and O–H groups in total. The predicted molar refractivity (Wildman–Crippen MR) is 275 cm³/mol. The van der Waals surface area contributed by atoms with Gasteiger partial charge in [0.25, 0.3) is 0 Å². The molecule has 1 aliphatic rings. The standard InChI is InChI=1S/C57H90O12/c1-4-7-10-13-16-19-21-23-24-25-26-28-29-32-34-37-40-43-49(58)65-46-48(67-50(59)44-41-38-35-31-18-15-12-9-6-3)47-66-57-55(53(62)52(61)54(69-57)56(63)64)68-51(60)45-42-39-36-33-30-27-22-20-17-14-11-8-5-2/h7-8,10-11,16-17,19-20,23-24,26-28,30,36,39,48,52-55,57,61-62H,4-6,9,12-15,18,21-22,25,29,31-35,37-38,40-47H2,1-3H3,(H,63,64)/b10-7-,11-8-,19-16-,20-17-,24-23-,28-26-,30-27-,39-36-. The summed E-state index contributed by atoms with van der Waals surface area (Å²) in [5.74, 6) is -3.27. The molecular formula is C57H90O12. The van der Waals surface area contributed by atoms with Crippen molar-refractivity contribution >= 4 is 23.9 Å². The Bertz CT molecular complexity index is 1570. The maximum absolute atomic E-state index is 13.0. The minimum absolute atomic E-state index is 0.0665. The fourth-order valence-corrected chi connectivity index (χ4v) is 7.19. The van der Waals surface area contributed by atoms with Gasteiger partial charge >= 0.3 is 23.9 Å². The van der Waals surface area contributed by atoms with Crippen LogP contribution in [0.5, 0.6) is 0 Å². The van der Waals surface area contributed by atoms with Crippen LogP contribution in [0, 0.1) is 0 Å². The van der Waals surface area contributed by atoms with Crippen LogP contribution in [-0.4, -0.2) is 89.2 Å². The van der Waals surface area contributed by atoms with Gasteiger partial charge in [-0.15, -0.1) is 0 Å². The summed E-state index contributed by atoms with van der Waals surface area (Å²) in [6.45, 7) is 5.64. The SMILES string of the molecule is CC/C=C\C/C=C\C/C=C\C/C=C\CCCCCCC(=O)OCC(COC1OC(C(=O)O)C(O)C(O)C1OC(=O)CC/C=C\C/C=C\C/C=C\C/C=C\CC)OC(=O)CCCCCCCCCCC. The monoisotopic (exact) mass is 967 g/mol. The van der Waals surface area contributed by atoms with Gasteiger partial charge in [0.05, 0.1) is 6.61 Å². The van der Waals surface area contributed by atoms with Crippen LogP contribution in [0.25, 0.3) is 0 Å². The third-order valence-corrected chi connectivity index (χ3v) is 11.2. The summed E-state index contributed by atoms with van der Waals surface area (Å²) in [6, 6.07) is 0. The summed E-state index contributed by atoms with van der Waals surface area (Å²) in [7, 11) is 0. The first-order valence-corrected chi connectivity index (χ1v) is 26.2. The van der Waals surface area contributed by atoms with Gasteiger partial charge in [0.1, 0.15) is 18.8 Å². The summed E-state index contributed by atoms with van der Waals surface area (Å²) in [4.78, 5) is 50.7. The van der Waals surface area contributed by atoms with Crippen LogP contribution in [0.1, 0.15) is 188 Å². The molecule has 6 atom stereocenters. The second-order valence-electron chi connectivity index (χ2n) is 17.4. The van der Waals surface area contributed by atoms with E-state index in [1.54, 1.807) is 0 Å². The van der Waals surface area contributed by atoms with Crippen molar-refractivity contribution < 1.29 is 58.2 Å². The minimum Gasteiger partial charge on any atom is -0.479 e. The molecule has 0 aromatic carbocycles. The largest absolute Gasteiger partial charge is 0.479 e. The molecule has 1 rings (SSSR count). The summed E-state index contributed by atoms with van der Waals surface area (Å²) in [6.07, 6.45) is 45.7. The number of rotatable bonds is 42. The number of carbonyl (C=O) groups excluding carboxylic acids is 3. The summed E-state index contributed by atoms with van der Waals surface area (Å²) in [5.41, 5.74) is 0. The van der Waals surface area contributed by atoms with Crippen molar-refractivity contribution in [3.05, 3.63) is 97.2 Å². The first kappa shape index (κ1) is 62.7. The molecule has 12 heteroatoms. The van der Waals surface area contributed by atoms with Crippen molar-refractivity contribution in [2.24, 2.45) is 0 Å². The van der Waals surface area contributed by atoms with Crippen molar-refractivity contribution in [3.8, 4) is 0 Å². The molecule has 0 bridgehead atoms. The van der Waals surface area contributed by atoms with Gasteiger partial charge in [0.15, 0.2) is 24.6 Å². The number of hydrogen-bond donors (Lipinski definition) is 3. The molecule has 69 heavy (non-hydrogen) atoms. The van der Waals surface area contributed by atoms with Gasteiger partial charge in [-0.1, -0.05) is 182 Å². The van der Waals surface area contributed by atoms with Gasteiger partial charge in [-0.2, -0.15) is 0 Å². The van der Waals surface area contributed by atoms with Crippen LogP contribution in [0.15, 0.2) is 97.2 Å². The normalized spacial score (nSPS) is 19.5. The highest BCUT2D eigenvalue weighted by molar-refractivity contribution is 5.74. The molecule has 0 aromatic rings. The van der Waals surface area contributed by atoms with Crippen LogP contribution in [0.2, 0.25) is 0 Å². The predicted octanol–water partition coefficient (Wildman–Crippen LogP) is 12.6. The van der Waals surface area contributed by atoms with Gasteiger partial charge in [0, 0.05) is 19.3 Å². The molecule has 1 aliphatic heterocycles. The minimum atomic E-state index is -1.93. The van der Waals surface area contributed by atoms with E-state index < -0.39 is 67.3 Å². The number of ether oxygens (including phenoxy) is 5. The molecule has 0 aromatic heterocycles. The van der Waals surface area contributed by atoms with E-state index in [1.165, 1.54) is 32.1 Å². The van der Waals surface area contributed by atoms with Gasteiger partial charge in [-0.05, 0) is 83.5 Å². The van der Waals surface area contributed by atoms with E-state index in [-0.39, 0.29) is 25.9 Å². The van der Waals surface area contributed by atoms with Gasteiger partial charge in [-0.3, -0.25) is 14.4 Å². The van der Waals surface area contributed by atoms with Gasteiger partial charge in [0.2, 0.25) is 0 Å². The van der Waals surface area contributed by atoms with E-state index in [4.69, 9.17) is 23.7 Å². The highest BCUT2D eigenvalue weighted by atomic mass is 16.7. The van der Waals surface area contributed by atoms with Crippen LogP contribution >= 0.6 is 0 Å². The number of aliphatic hydroxyl groups is 2. The number of aliphatic carboxylic acids is 1. The van der Waals surface area contributed by atoms with Gasteiger partial charge in [-0.25, -0.2) is 4.79 Å². The smallest absolute Gasteiger partial charge is 0.335 e. The van der Waals surface area contributed by atoms with E-state index in [0.29, 0.717) is 25.7 Å². The van der Waals surface area contributed by atoms with E-state index >= 15 is 0 Å². The Morgan fingerprint density at radius 3 is 1.45 bits per heavy atom. The summed E-state index contributed by atoms with van der Waals surface area (Å²) >= 11 is 0. The maximum atomic E-state index is 13.0. The zero-order valence-electron chi connectivity index (χ0n) is 42.5. The lowest BCUT2D eigenvalue weighted by Crippen LogP contribution is -2.61. The number of allylic oxidation sites excluding steroid dienone is 16. The molecule has 0 radical (unpaired) electrons. The summed E-state index contributed by atoms with van der Waals surface area (Å²) < 4.78 is 28.1. The molecule has 1 heterocycles. The zero-order valence-corrected chi connectivity index (χ0v) is 42.5. The van der Waals surface area contributed by atoms with E-state index in [9.17, 15) is 34.5 Å². The van der Waals surface area contributed by atoms with E-state index in [2.05, 4.69) is 99.8 Å². The number of hydrogen-bond acceptors (Lipinski definition) is 11. The molecule has 0 amide bonds. The Labute approximate surface area is 415 Å². The summed E-state index contributed by atoms with van der Waals surface area (Å²) in [5, 5.41) is 31.3. The second kappa shape index (κ2) is 44.8. The molecular weight excluding hydrogens is 877 g/mol. The second-order valence-corrected chi connectivity index (χ2v) is 17.4. The number of unbranched alkanes of at least 4 members (excludes halogenated alkanes) is 12. The topological polar surface area (TPSA) is 175 Å². The number of carboxylic acids is 1. The van der Waals surface area contributed by atoms with E-state index in [1.807, 2.05) is 18.2 Å². The third kappa shape index (κ3) is 35.4. The van der Waals surface area contributed by atoms with Crippen LogP contribution < -0.4 is 0 Å². The number of carboxylic acid groups (broad SMARTS) is 1. The Kier molecular flexibility index (Phi) is 40.7. The molecule has 6 unspecified atom stereocenters. The highest BCUT2D eigenvalue weighted by Crippen LogP contribution is 2.26. The van der Waals surface area contributed by atoms with Crippen LogP contribution in [0.4, 0.5) is 0 Å². The quantitative estimate of drug-likeness (QED) is 0.0229. The van der Waals surface area contributed by atoms with Crippen molar-refractivity contribution in [1.82, 2.24) is 0 Å². The van der Waals surface area contributed by atoms with Crippen molar-refractivity contribution in [3.63, 3.8) is 0 Å². The molecule has 0 spiro atoms. The van der Waals surface area contributed by atoms with Crippen LogP contribution in [-0.2, 0) is 42.9 Å². The highest BCUT2D eigenvalue weighted by Gasteiger charge is 2.50. The lowest BCUT2D eigenvalue weighted by molar-refractivity contribution is -0.301. The van der Waals surface area contributed by atoms with Crippen LogP contribution in [0.3, 0.4) is 0 Å². The van der Waals surface area contributed by atoms with Crippen molar-refractivity contribution in [2.45, 2.75) is 225 Å². The Morgan fingerprint density at radius 1 is 0.493 bits per heavy atom. The third-order valence-electron chi connectivity index (χ3n) is 11.2. The molecule has 1 fully saturated rings. The Balaban J connectivity index is 2.76. The Morgan fingerprint density at radius 2 is 0.942 bits per heavy atom. The number of carbonyl (C=O) groups is 4. The van der Waals surface area contributed by atoms with Crippen molar-refractivity contribution in [1.29, 1.82) is 0 Å². The average molecular weight is 967 g/mol. The molecule has 0 saturated carbocycles. The van der Waals surface area contributed by atoms with Crippen molar-refractivity contribution in [2.75, 3.05) is 13.2 Å². The molecule has 0 aliphatic carbocycles. The maximum Gasteiger partial charge on any atom is 0.335 e. The molecule has 1 saturated heterocycles. The number of esters is 3.